The van der Waals surface area contributed by atoms with Crippen molar-refractivity contribution in [2.24, 2.45) is 0 Å². The zero-order valence-electron chi connectivity index (χ0n) is 14.8. The van der Waals surface area contributed by atoms with Crippen molar-refractivity contribution in [2.75, 3.05) is 7.11 Å². The number of carbonyl (C=O) groups excluding carboxylic acids is 1. The van der Waals surface area contributed by atoms with Crippen LogP contribution in [0.2, 0.25) is 5.02 Å². The van der Waals surface area contributed by atoms with Gasteiger partial charge in [-0.3, -0.25) is 9.78 Å². The van der Waals surface area contributed by atoms with Crippen LogP contribution in [-0.2, 0) is 20.2 Å². The van der Waals surface area contributed by atoms with E-state index in [1.165, 1.54) is 19.4 Å². The van der Waals surface area contributed by atoms with Crippen LogP contribution in [0.15, 0.2) is 53.7 Å². The number of halogens is 1. The summed E-state index contributed by atoms with van der Waals surface area (Å²) in [6.45, 7) is 0. The van der Waals surface area contributed by atoms with Gasteiger partial charge >= 0.3 is 0 Å². The molecule has 2 aromatic heterocycles. The summed E-state index contributed by atoms with van der Waals surface area (Å²) in [5.41, 5.74) is 0.0256. The van der Waals surface area contributed by atoms with E-state index >= 15 is 0 Å². The number of aromatic nitrogens is 2. The van der Waals surface area contributed by atoms with Gasteiger partial charge in [0.25, 0.3) is 10.0 Å². The molecule has 2 heterocycles. The third-order valence-electron chi connectivity index (χ3n) is 4.86. The van der Waals surface area contributed by atoms with Gasteiger partial charge in [0, 0.05) is 23.8 Å². The number of nitrogens with zero attached hydrogens (tertiary/aromatic N) is 2. The number of hydrogen-bond acceptors (Lipinski definition) is 6. The van der Waals surface area contributed by atoms with Gasteiger partial charge < -0.3 is 4.74 Å². The highest BCUT2D eigenvalue weighted by molar-refractivity contribution is 7.90. The largest absolute Gasteiger partial charge is 0.481 e. The summed E-state index contributed by atoms with van der Waals surface area (Å²) >= 11 is 6.23. The molecule has 0 radical (unpaired) electrons. The lowest BCUT2D eigenvalue weighted by Gasteiger charge is -2.18. The lowest BCUT2D eigenvalue weighted by Crippen LogP contribution is -2.39. The molecule has 1 aliphatic carbocycles. The molecule has 0 atom stereocenters. The monoisotopic (exact) mass is 417 g/mol. The second-order valence-electron chi connectivity index (χ2n) is 6.55. The summed E-state index contributed by atoms with van der Waals surface area (Å²) in [7, 11) is -2.64. The Kier molecular flexibility index (Phi) is 4.47. The molecule has 0 bridgehead atoms. The van der Waals surface area contributed by atoms with E-state index in [4.69, 9.17) is 16.3 Å². The minimum atomic E-state index is -4.10. The van der Waals surface area contributed by atoms with Crippen LogP contribution in [0.4, 0.5) is 0 Å². The SMILES string of the molecule is COc1cc(C2(C(=O)NS(=O)(=O)c3cccc4ncccc34)CC2)c(Cl)cn1. The van der Waals surface area contributed by atoms with E-state index in [9.17, 15) is 13.2 Å². The predicted molar refractivity (Wildman–Crippen MR) is 104 cm³/mol. The topological polar surface area (TPSA) is 98.2 Å². The van der Waals surface area contributed by atoms with Crippen LogP contribution in [0.5, 0.6) is 5.88 Å². The normalized spacial score (nSPS) is 15.2. The highest BCUT2D eigenvalue weighted by atomic mass is 35.5. The standard InChI is InChI=1S/C19H16ClN3O4S/c1-27-17-10-13(14(20)11-22-17)19(7-8-19)18(24)23-28(25,26)16-6-2-5-15-12(16)4-3-9-21-15/h2-6,9-11H,7-8H2,1H3,(H,23,24). The molecule has 3 aromatic rings. The quantitative estimate of drug-likeness (QED) is 0.685. The lowest BCUT2D eigenvalue weighted by molar-refractivity contribution is -0.121. The molecule has 1 saturated carbocycles. The van der Waals surface area contributed by atoms with Crippen molar-refractivity contribution in [3.8, 4) is 5.88 Å². The molecule has 9 heteroatoms. The Bertz CT molecular complexity index is 1190. The molecule has 4 rings (SSSR count). The Morgan fingerprint density at radius 3 is 2.71 bits per heavy atom. The van der Waals surface area contributed by atoms with Crippen molar-refractivity contribution in [3.63, 3.8) is 0 Å². The summed E-state index contributed by atoms with van der Waals surface area (Å²) in [5.74, 6) is -0.315. The first-order valence-corrected chi connectivity index (χ1v) is 10.3. The van der Waals surface area contributed by atoms with Crippen LogP contribution in [0, 0.1) is 0 Å². The summed E-state index contributed by atoms with van der Waals surface area (Å²) in [6, 6.07) is 9.62. The van der Waals surface area contributed by atoms with E-state index < -0.39 is 21.3 Å². The van der Waals surface area contributed by atoms with E-state index in [-0.39, 0.29) is 4.90 Å². The summed E-state index contributed by atoms with van der Waals surface area (Å²) < 4.78 is 33.2. The Labute approximate surface area is 166 Å². The fraction of sp³-hybridized carbons (Fsp3) is 0.211. The number of carbonyl (C=O) groups is 1. The number of ether oxygens (including phenoxy) is 1. The van der Waals surface area contributed by atoms with Crippen LogP contribution in [0.25, 0.3) is 10.9 Å². The molecule has 0 aliphatic heterocycles. The van der Waals surface area contributed by atoms with Gasteiger partial charge in [-0.25, -0.2) is 18.1 Å². The maximum absolute atomic E-state index is 13.0. The summed E-state index contributed by atoms with van der Waals surface area (Å²) in [5, 5.41) is 0.735. The highest BCUT2D eigenvalue weighted by Crippen LogP contribution is 2.51. The molecule has 144 valence electrons. The molecule has 1 N–H and O–H groups in total. The minimum absolute atomic E-state index is 0.000607. The molecule has 0 unspecified atom stereocenters. The molecule has 1 aliphatic rings. The number of amides is 1. The smallest absolute Gasteiger partial charge is 0.264 e. The second-order valence-corrected chi connectivity index (χ2v) is 8.61. The number of nitrogens with one attached hydrogen (secondary N) is 1. The van der Waals surface area contributed by atoms with Crippen LogP contribution >= 0.6 is 11.6 Å². The van der Waals surface area contributed by atoms with Crippen LogP contribution < -0.4 is 9.46 Å². The van der Waals surface area contributed by atoms with Gasteiger partial charge in [-0.15, -0.1) is 0 Å². The zero-order valence-corrected chi connectivity index (χ0v) is 16.4. The van der Waals surface area contributed by atoms with E-state index in [1.807, 2.05) is 0 Å². The molecule has 1 amide bonds. The second kappa shape index (κ2) is 6.72. The Morgan fingerprint density at radius 2 is 2.00 bits per heavy atom. The van der Waals surface area contributed by atoms with Crippen molar-refractivity contribution in [1.82, 2.24) is 14.7 Å². The first-order chi connectivity index (χ1) is 13.4. The predicted octanol–water partition coefficient (Wildman–Crippen LogP) is 2.83. The lowest BCUT2D eigenvalue weighted by atomic mass is 9.96. The Balaban J connectivity index is 1.70. The minimum Gasteiger partial charge on any atom is -0.481 e. The average molecular weight is 418 g/mol. The van der Waals surface area contributed by atoms with E-state index in [2.05, 4.69) is 14.7 Å². The fourth-order valence-corrected chi connectivity index (χ4v) is 4.78. The third-order valence-corrected chi connectivity index (χ3v) is 6.55. The van der Waals surface area contributed by atoms with Crippen molar-refractivity contribution >= 4 is 38.4 Å². The molecule has 1 fully saturated rings. The van der Waals surface area contributed by atoms with Crippen LogP contribution in [-0.4, -0.2) is 31.4 Å². The number of pyridine rings is 2. The maximum atomic E-state index is 13.0. The number of benzene rings is 1. The van der Waals surface area contributed by atoms with E-state index in [0.29, 0.717) is 40.2 Å². The van der Waals surface area contributed by atoms with Gasteiger partial charge in [-0.05, 0) is 42.7 Å². The number of methoxy groups -OCH3 is 1. The number of hydrogen-bond donors (Lipinski definition) is 1. The van der Waals surface area contributed by atoms with Crippen molar-refractivity contribution < 1.29 is 17.9 Å². The van der Waals surface area contributed by atoms with Crippen molar-refractivity contribution in [2.45, 2.75) is 23.2 Å². The number of fused-ring (bicyclic) bond motifs is 1. The Hall–Kier alpha value is -2.71. The maximum Gasteiger partial charge on any atom is 0.264 e. The van der Waals surface area contributed by atoms with Gasteiger partial charge in [0.15, 0.2) is 0 Å². The molecule has 7 nitrogen and oxygen atoms in total. The van der Waals surface area contributed by atoms with Gasteiger partial charge in [0.05, 0.1) is 28.0 Å². The Morgan fingerprint density at radius 1 is 1.21 bits per heavy atom. The first-order valence-electron chi connectivity index (χ1n) is 8.48. The number of sulfonamides is 1. The number of rotatable bonds is 5. The average Bonchev–Trinajstić information content (AvgIpc) is 3.49. The molecular weight excluding hydrogens is 402 g/mol. The third kappa shape index (κ3) is 3.08. The van der Waals surface area contributed by atoms with E-state index in [1.54, 1.807) is 36.5 Å². The summed E-state index contributed by atoms with van der Waals surface area (Å²) in [4.78, 5) is 21.1. The van der Waals surface area contributed by atoms with Gasteiger partial charge in [0.2, 0.25) is 11.8 Å². The van der Waals surface area contributed by atoms with E-state index in [0.717, 1.165) is 0 Å². The molecule has 28 heavy (non-hydrogen) atoms. The summed E-state index contributed by atoms with van der Waals surface area (Å²) in [6.07, 6.45) is 3.94. The van der Waals surface area contributed by atoms with Crippen molar-refractivity contribution in [1.29, 1.82) is 0 Å². The van der Waals surface area contributed by atoms with Gasteiger partial charge in [0.1, 0.15) is 0 Å². The molecule has 0 spiro atoms. The van der Waals surface area contributed by atoms with Crippen LogP contribution in [0.3, 0.4) is 0 Å². The van der Waals surface area contributed by atoms with Gasteiger partial charge in [-0.1, -0.05) is 17.7 Å². The molecule has 0 saturated heterocycles. The first kappa shape index (κ1) is 18.6. The molecular formula is C19H16ClN3O4S. The highest BCUT2D eigenvalue weighted by Gasteiger charge is 2.53. The van der Waals surface area contributed by atoms with Crippen molar-refractivity contribution in [3.05, 3.63) is 59.4 Å². The zero-order chi connectivity index (χ0) is 19.9. The van der Waals surface area contributed by atoms with Crippen LogP contribution in [0.1, 0.15) is 18.4 Å². The molecule has 1 aromatic carbocycles. The van der Waals surface area contributed by atoms with Gasteiger partial charge in [-0.2, -0.15) is 0 Å². The fourth-order valence-electron chi connectivity index (χ4n) is 3.23.